The first-order chi connectivity index (χ1) is 8.83. The molecule has 108 valence electrons. The number of likely N-dealkylation sites (tertiary alicyclic amines) is 1. The summed E-state index contributed by atoms with van der Waals surface area (Å²) < 4.78 is 1.92. The quantitative estimate of drug-likeness (QED) is 0.921. The predicted octanol–water partition coefficient (Wildman–Crippen LogP) is 1.98. The van der Waals surface area contributed by atoms with Gasteiger partial charge in [-0.1, -0.05) is 0 Å². The molecule has 3 rings (SSSR count). The first-order valence-electron chi connectivity index (χ1n) is 7.26. The van der Waals surface area contributed by atoms with Crippen molar-refractivity contribution in [3.05, 3.63) is 18.0 Å². The highest BCUT2D eigenvalue weighted by molar-refractivity contribution is 5.85. The summed E-state index contributed by atoms with van der Waals surface area (Å²) in [5.74, 6) is 0.844. The molecule has 0 aromatic carbocycles. The Labute approximate surface area is 122 Å². The van der Waals surface area contributed by atoms with Crippen LogP contribution in [0.4, 0.5) is 0 Å². The SMILES string of the molecule is Cl.Cn1cc(C2CCCN2CC2CCCNC2)cn1. The summed E-state index contributed by atoms with van der Waals surface area (Å²) in [5.41, 5.74) is 1.40. The lowest BCUT2D eigenvalue weighted by molar-refractivity contribution is 0.195. The Kier molecular flexibility index (Phi) is 5.25. The highest BCUT2D eigenvalue weighted by Crippen LogP contribution is 2.32. The molecule has 5 heteroatoms. The van der Waals surface area contributed by atoms with Crippen molar-refractivity contribution in [1.82, 2.24) is 20.0 Å². The third-order valence-corrected chi connectivity index (χ3v) is 4.36. The van der Waals surface area contributed by atoms with Crippen molar-refractivity contribution in [3.8, 4) is 0 Å². The van der Waals surface area contributed by atoms with Gasteiger partial charge in [0, 0.05) is 31.4 Å². The van der Waals surface area contributed by atoms with Crippen LogP contribution in [0.15, 0.2) is 12.4 Å². The summed E-state index contributed by atoms with van der Waals surface area (Å²) in [6.45, 7) is 4.93. The molecule has 2 aliphatic heterocycles. The van der Waals surface area contributed by atoms with E-state index in [-0.39, 0.29) is 12.4 Å². The molecular weight excluding hydrogens is 260 g/mol. The minimum Gasteiger partial charge on any atom is -0.316 e. The van der Waals surface area contributed by atoms with Crippen LogP contribution in [-0.4, -0.2) is 40.9 Å². The highest BCUT2D eigenvalue weighted by Gasteiger charge is 2.29. The van der Waals surface area contributed by atoms with Crippen LogP contribution in [0.2, 0.25) is 0 Å². The van der Waals surface area contributed by atoms with E-state index in [2.05, 4.69) is 21.5 Å². The largest absolute Gasteiger partial charge is 0.316 e. The number of piperidine rings is 1. The number of hydrogen-bond donors (Lipinski definition) is 1. The number of aromatic nitrogens is 2. The van der Waals surface area contributed by atoms with E-state index in [1.54, 1.807) is 0 Å². The maximum Gasteiger partial charge on any atom is 0.0537 e. The fourth-order valence-corrected chi connectivity index (χ4v) is 3.45. The Morgan fingerprint density at radius 2 is 2.26 bits per heavy atom. The van der Waals surface area contributed by atoms with Crippen molar-refractivity contribution >= 4 is 12.4 Å². The maximum absolute atomic E-state index is 4.32. The molecule has 19 heavy (non-hydrogen) atoms. The Morgan fingerprint density at radius 3 is 2.95 bits per heavy atom. The third-order valence-electron chi connectivity index (χ3n) is 4.36. The van der Waals surface area contributed by atoms with Crippen molar-refractivity contribution < 1.29 is 0 Å². The molecule has 2 aliphatic rings. The third kappa shape index (κ3) is 3.50. The van der Waals surface area contributed by atoms with E-state index in [0.717, 1.165) is 5.92 Å². The lowest BCUT2D eigenvalue weighted by Crippen LogP contribution is -2.38. The lowest BCUT2D eigenvalue weighted by Gasteiger charge is -2.30. The second kappa shape index (κ2) is 6.73. The molecule has 2 fully saturated rings. The highest BCUT2D eigenvalue weighted by atomic mass is 35.5. The minimum absolute atomic E-state index is 0. The van der Waals surface area contributed by atoms with E-state index in [0.29, 0.717) is 6.04 Å². The van der Waals surface area contributed by atoms with E-state index < -0.39 is 0 Å². The average molecular weight is 285 g/mol. The van der Waals surface area contributed by atoms with Gasteiger partial charge in [-0.3, -0.25) is 9.58 Å². The van der Waals surface area contributed by atoms with Crippen molar-refractivity contribution in [2.24, 2.45) is 13.0 Å². The van der Waals surface area contributed by atoms with Gasteiger partial charge in [-0.25, -0.2) is 0 Å². The number of hydrogen-bond acceptors (Lipinski definition) is 3. The van der Waals surface area contributed by atoms with Gasteiger partial charge in [0.1, 0.15) is 0 Å². The number of halogens is 1. The lowest BCUT2D eigenvalue weighted by atomic mass is 9.98. The number of rotatable bonds is 3. The van der Waals surface area contributed by atoms with E-state index in [4.69, 9.17) is 0 Å². The van der Waals surface area contributed by atoms with Crippen molar-refractivity contribution in [2.45, 2.75) is 31.7 Å². The zero-order valence-electron chi connectivity index (χ0n) is 11.7. The summed E-state index contributed by atoms with van der Waals surface area (Å²) in [5, 5.41) is 7.84. The van der Waals surface area contributed by atoms with E-state index >= 15 is 0 Å². The second-order valence-corrected chi connectivity index (χ2v) is 5.81. The van der Waals surface area contributed by atoms with Gasteiger partial charge in [-0.2, -0.15) is 5.10 Å². The van der Waals surface area contributed by atoms with Gasteiger partial charge in [0.25, 0.3) is 0 Å². The van der Waals surface area contributed by atoms with Crippen LogP contribution < -0.4 is 5.32 Å². The molecule has 2 atom stereocenters. The molecule has 0 radical (unpaired) electrons. The van der Waals surface area contributed by atoms with Gasteiger partial charge >= 0.3 is 0 Å². The molecule has 1 N–H and O–H groups in total. The van der Waals surface area contributed by atoms with Crippen molar-refractivity contribution in [2.75, 3.05) is 26.2 Å². The van der Waals surface area contributed by atoms with Gasteiger partial charge in [0.15, 0.2) is 0 Å². The van der Waals surface area contributed by atoms with Crippen LogP contribution >= 0.6 is 12.4 Å². The fraction of sp³-hybridized carbons (Fsp3) is 0.786. The zero-order chi connectivity index (χ0) is 12.4. The maximum atomic E-state index is 4.32. The summed E-state index contributed by atoms with van der Waals surface area (Å²) >= 11 is 0. The van der Waals surface area contributed by atoms with Crippen LogP contribution in [-0.2, 0) is 7.05 Å². The molecule has 3 heterocycles. The second-order valence-electron chi connectivity index (χ2n) is 5.81. The van der Waals surface area contributed by atoms with Gasteiger partial charge in [0.05, 0.1) is 6.20 Å². The Hall–Kier alpha value is -0.580. The Bertz CT molecular complexity index is 387. The first-order valence-corrected chi connectivity index (χ1v) is 7.26. The predicted molar refractivity (Wildman–Crippen MR) is 79.6 cm³/mol. The minimum atomic E-state index is 0. The number of nitrogens with zero attached hydrogens (tertiary/aromatic N) is 3. The number of aryl methyl sites for hydroxylation is 1. The fourth-order valence-electron chi connectivity index (χ4n) is 3.45. The van der Waals surface area contributed by atoms with E-state index in [9.17, 15) is 0 Å². The normalized spacial score (nSPS) is 28.3. The van der Waals surface area contributed by atoms with Crippen LogP contribution in [0.25, 0.3) is 0 Å². The molecule has 1 aromatic heterocycles. The summed E-state index contributed by atoms with van der Waals surface area (Å²) in [6, 6.07) is 0.612. The average Bonchev–Trinajstić information content (AvgIpc) is 2.99. The molecular formula is C14H25ClN4. The molecule has 0 saturated carbocycles. The Balaban J connectivity index is 0.00000133. The molecule has 2 saturated heterocycles. The van der Waals surface area contributed by atoms with Gasteiger partial charge in [0.2, 0.25) is 0 Å². The van der Waals surface area contributed by atoms with Gasteiger partial charge in [-0.05, 0) is 51.2 Å². The summed E-state index contributed by atoms with van der Waals surface area (Å²) in [6.07, 6.45) is 9.59. The molecule has 0 bridgehead atoms. The molecule has 4 nitrogen and oxygen atoms in total. The van der Waals surface area contributed by atoms with Crippen LogP contribution in [0, 0.1) is 5.92 Å². The van der Waals surface area contributed by atoms with Crippen LogP contribution in [0.5, 0.6) is 0 Å². The van der Waals surface area contributed by atoms with Crippen LogP contribution in [0.1, 0.15) is 37.3 Å². The van der Waals surface area contributed by atoms with Gasteiger partial charge in [-0.15, -0.1) is 12.4 Å². The summed E-state index contributed by atoms with van der Waals surface area (Å²) in [7, 11) is 2.01. The number of nitrogens with one attached hydrogen (secondary N) is 1. The smallest absolute Gasteiger partial charge is 0.0537 e. The molecule has 1 aromatic rings. The standard InChI is InChI=1S/C14H24N4.ClH/c1-17-11-13(9-16-17)14-5-3-7-18(14)10-12-4-2-6-15-8-12;/h9,11-12,14-15H,2-8,10H2,1H3;1H. The van der Waals surface area contributed by atoms with Gasteiger partial charge < -0.3 is 5.32 Å². The molecule has 0 spiro atoms. The van der Waals surface area contributed by atoms with Crippen LogP contribution in [0.3, 0.4) is 0 Å². The topological polar surface area (TPSA) is 33.1 Å². The van der Waals surface area contributed by atoms with Crippen molar-refractivity contribution in [3.63, 3.8) is 0 Å². The molecule has 2 unspecified atom stereocenters. The molecule has 0 amide bonds. The Morgan fingerprint density at radius 1 is 1.37 bits per heavy atom. The van der Waals surface area contributed by atoms with E-state index in [1.165, 1.54) is 57.4 Å². The zero-order valence-corrected chi connectivity index (χ0v) is 12.5. The van der Waals surface area contributed by atoms with Crippen molar-refractivity contribution in [1.29, 1.82) is 0 Å². The van der Waals surface area contributed by atoms with E-state index in [1.807, 2.05) is 17.9 Å². The summed E-state index contributed by atoms with van der Waals surface area (Å²) in [4.78, 5) is 2.68. The monoisotopic (exact) mass is 284 g/mol. The molecule has 0 aliphatic carbocycles. The first kappa shape index (κ1) is 14.8.